The third kappa shape index (κ3) is 13.2. The molecule has 26 nitrogen and oxygen atoms in total. The molecule has 0 spiro atoms. The number of ketones is 4. The number of fused-ring (bicyclic) bond motifs is 7. The highest BCUT2D eigenvalue weighted by molar-refractivity contribution is 6.45. The fourth-order valence-corrected chi connectivity index (χ4v) is 14.2. The number of methoxy groups -OCH3 is 2. The number of benzene rings is 6. The molecule has 26 heteroatoms. The Bertz CT molecular complexity index is 4590. The van der Waals surface area contributed by atoms with E-state index in [1.54, 1.807) is 53.4 Å². The molecule has 2 aliphatic heterocycles. The number of aromatic hydroxyl groups is 2. The molecule has 8 aromatic rings. The number of phenols is 2. The lowest BCUT2D eigenvalue weighted by molar-refractivity contribution is -0.249. The first kappa shape index (κ1) is 68.3. The summed E-state index contributed by atoms with van der Waals surface area (Å²) in [4.78, 5) is 130. The van der Waals surface area contributed by atoms with Gasteiger partial charge in [0.05, 0.1) is 78.4 Å². The predicted molar refractivity (Wildman–Crippen MR) is 358 cm³/mol. The molecule has 522 valence electrons. The first-order chi connectivity index (χ1) is 48.7. The number of ether oxygens (including phenoxy) is 7. The summed E-state index contributed by atoms with van der Waals surface area (Å²) in [6, 6.07) is 32.2. The largest absolute Gasteiger partial charge is 0.507 e. The number of phenolic OH excluding ortho intramolecular Hbond substituents is 2. The lowest BCUT2D eigenvalue weighted by Gasteiger charge is -2.42. The van der Waals surface area contributed by atoms with Crippen LogP contribution in [0.15, 0.2) is 132 Å². The minimum atomic E-state index is -2.55. The second-order valence-corrected chi connectivity index (χ2v) is 25.3. The van der Waals surface area contributed by atoms with E-state index in [9.17, 15) is 63.6 Å². The zero-order valence-corrected chi connectivity index (χ0v) is 55.1. The Labute approximate surface area is 577 Å². The van der Waals surface area contributed by atoms with E-state index < -0.39 is 125 Å². The van der Waals surface area contributed by atoms with Gasteiger partial charge in [-0.15, -0.1) is 0 Å². The Balaban J connectivity index is 0.596. The number of rotatable bonds is 22. The summed E-state index contributed by atoms with van der Waals surface area (Å²) >= 11 is 0. The Kier molecular flexibility index (Phi) is 19.3. The molecule has 5 aliphatic rings. The maximum absolute atomic E-state index is 14.4. The number of furan rings is 1. The number of amides is 4. The van der Waals surface area contributed by atoms with Crippen LogP contribution in [0.5, 0.6) is 28.7 Å². The fourth-order valence-electron chi connectivity index (χ4n) is 14.2. The Morgan fingerprint density at radius 1 is 0.743 bits per heavy atom. The molecule has 4 heterocycles. The lowest BCUT2D eigenvalue weighted by atomic mass is 9.72. The first-order valence-electron chi connectivity index (χ1n) is 33.0. The molecule has 0 saturated carbocycles. The number of aromatic nitrogens is 1. The van der Waals surface area contributed by atoms with Gasteiger partial charge in [-0.05, 0) is 84.1 Å². The molecule has 101 heavy (non-hydrogen) atoms. The number of hydrogen-bond acceptors (Lipinski definition) is 21. The zero-order valence-electron chi connectivity index (χ0n) is 55.1. The number of carbonyl (C=O) groups excluding carboxylic acids is 9. The molecule has 0 bridgehead atoms. The Morgan fingerprint density at radius 3 is 2.17 bits per heavy atom. The predicted octanol–water partition coefficient (Wildman–Crippen LogP) is 7.41. The molecule has 0 radical (unpaired) electrons. The van der Waals surface area contributed by atoms with E-state index in [4.69, 9.17) is 37.6 Å². The average molecular weight is 1380 g/mol. The minimum Gasteiger partial charge on any atom is -0.507 e. The molecule has 6 atom stereocenters. The minimum absolute atomic E-state index is 0.00287. The highest BCUT2D eigenvalue weighted by Crippen LogP contribution is 2.53. The standard InChI is InChI=1S/C75H71N5O21/c1-39-66(84)51(78-74(92)99-37-50-44-16-6-4-14-42(44)43-15-5-7-17-45(43)50)33-59(100-39)101-55-35-75(93,34-48-62(55)71(89)64-63(68(48)86)67(85)47-18-9-19-53(94-2)61(47)70(64)88)56(81)38-98-58(83)22-10-21-57(82)76-25-31-96-41-13-8-12-40(32-41)72(90)79-26-28-80(29-27-79)73(91)69(87)49-36-77-65-46(52-20-11-30-97-52)23-24-54(95-3)60(49)65/h4-9,11-20,23-24,30,32,36,39,50-51,55,59,66,77,84,86,89,93H,10,21-22,25-29,31,33-35,37-38H2,1-3H3,(H,76,82)(H,78,92)/t39-,51-,55-,59-,66+,75-/m0/s1. The molecular weight excluding hydrogens is 1310 g/mol. The van der Waals surface area contributed by atoms with Gasteiger partial charge in [0.2, 0.25) is 17.5 Å². The monoisotopic (exact) mass is 1380 g/mol. The van der Waals surface area contributed by atoms with Crippen LogP contribution in [0.25, 0.3) is 33.4 Å². The summed E-state index contributed by atoms with van der Waals surface area (Å²) < 4.78 is 46.1. The van der Waals surface area contributed by atoms with Crippen molar-refractivity contribution in [3.63, 3.8) is 0 Å². The van der Waals surface area contributed by atoms with E-state index in [0.717, 1.165) is 22.3 Å². The summed E-state index contributed by atoms with van der Waals surface area (Å²) in [6.45, 7) is 1.05. The number of aliphatic hydroxyl groups is 2. The number of alkyl carbamates (subject to hydrolysis) is 1. The number of aliphatic hydroxyl groups excluding tert-OH is 1. The molecule has 2 saturated heterocycles. The smallest absolute Gasteiger partial charge is 0.407 e. The van der Waals surface area contributed by atoms with Gasteiger partial charge in [0.1, 0.15) is 59.4 Å². The van der Waals surface area contributed by atoms with Crippen molar-refractivity contribution in [1.82, 2.24) is 25.4 Å². The molecule has 0 unspecified atom stereocenters. The summed E-state index contributed by atoms with van der Waals surface area (Å²) in [5.74, 6) is -6.55. The van der Waals surface area contributed by atoms with E-state index in [1.165, 1.54) is 56.7 Å². The molecule has 6 aromatic carbocycles. The summed E-state index contributed by atoms with van der Waals surface area (Å²) in [6.07, 6.45) is -5.43. The van der Waals surface area contributed by atoms with Crippen molar-refractivity contribution in [3.8, 4) is 51.2 Å². The third-order valence-electron chi connectivity index (χ3n) is 19.3. The molecule has 4 amide bonds. The SMILES string of the molecule is COc1cccc2c1C(=O)c1c(O)c3c(c(O)c1C2=O)C[C@@](O)(C(=O)COC(=O)CCCC(=O)NCCOc1cccc(C(=O)N2CCN(C(=O)C(=O)c4c[nH]c5c(-c6ccco6)ccc(OC)c45)CC2)c1)C[C@@H]3O[C@H]1C[C@H](NC(=O)OCC2c3ccccc3-c3ccccc32)[C@H](O)[C@H](C)O1. The van der Waals surface area contributed by atoms with Crippen LogP contribution in [0.4, 0.5) is 4.79 Å². The van der Waals surface area contributed by atoms with Gasteiger partial charge in [0.25, 0.3) is 17.6 Å². The van der Waals surface area contributed by atoms with Crippen molar-refractivity contribution in [2.24, 2.45) is 0 Å². The third-order valence-corrected chi connectivity index (χ3v) is 19.3. The van der Waals surface area contributed by atoms with Crippen LogP contribution >= 0.6 is 0 Å². The number of hydrogen-bond donors (Lipinski definition) is 7. The van der Waals surface area contributed by atoms with Gasteiger partial charge in [0.15, 0.2) is 18.7 Å². The Morgan fingerprint density at radius 2 is 1.45 bits per heavy atom. The van der Waals surface area contributed by atoms with Gasteiger partial charge in [-0.2, -0.15) is 0 Å². The fraction of sp³-hybridized carbons (Fsp3) is 0.320. The number of esters is 1. The Hall–Kier alpha value is -11.2. The van der Waals surface area contributed by atoms with Crippen LogP contribution in [0.2, 0.25) is 0 Å². The normalized spacial score (nSPS) is 19.8. The molecule has 7 N–H and O–H groups in total. The summed E-state index contributed by atoms with van der Waals surface area (Å²) in [7, 11) is 2.76. The summed E-state index contributed by atoms with van der Waals surface area (Å²) in [5.41, 5.74) is 1.02. The van der Waals surface area contributed by atoms with Crippen molar-refractivity contribution in [1.29, 1.82) is 0 Å². The van der Waals surface area contributed by atoms with Gasteiger partial charge >= 0.3 is 12.1 Å². The number of nitrogens with one attached hydrogen (secondary N) is 3. The molecule has 13 rings (SSSR count). The van der Waals surface area contributed by atoms with Gasteiger partial charge in [-0.3, -0.25) is 38.4 Å². The van der Waals surface area contributed by atoms with E-state index in [2.05, 4.69) is 15.6 Å². The van der Waals surface area contributed by atoms with E-state index >= 15 is 0 Å². The maximum atomic E-state index is 14.4. The molecule has 3 aliphatic carbocycles. The van der Waals surface area contributed by atoms with Crippen molar-refractivity contribution >= 4 is 63.8 Å². The van der Waals surface area contributed by atoms with Crippen LogP contribution < -0.4 is 24.8 Å². The van der Waals surface area contributed by atoms with Crippen LogP contribution in [-0.2, 0) is 44.5 Å². The van der Waals surface area contributed by atoms with Crippen LogP contribution in [-0.4, -0.2) is 185 Å². The number of carbonyl (C=O) groups is 9. The first-order valence-corrected chi connectivity index (χ1v) is 33.0. The summed E-state index contributed by atoms with van der Waals surface area (Å²) in [5, 5.41) is 53.9. The van der Waals surface area contributed by atoms with Crippen molar-refractivity contribution < 1.29 is 101 Å². The van der Waals surface area contributed by atoms with Crippen molar-refractivity contribution in [2.45, 2.75) is 87.6 Å². The highest BCUT2D eigenvalue weighted by Gasteiger charge is 2.51. The second kappa shape index (κ2) is 28.6. The lowest BCUT2D eigenvalue weighted by Crippen LogP contribution is -2.56. The second-order valence-electron chi connectivity index (χ2n) is 25.3. The van der Waals surface area contributed by atoms with Crippen LogP contribution in [0, 0.1) is 0 Å². The topological polar surface area (TPSA) is 359 Å². The van der Waals surface area contributed by atoms with Crippen LogP contribution in [0.1, 0.15) is 126 Å². The van der Waals surface area contributed by atoms with Gasteiger partial charge in [-0.25, -0.2) is 4.79 Å². The van der Waals surface area contributed by atoms with Crippen LogP contribution in [0.3, 0.4) is 0 Å². The number of piperazine rings is 1. The number of Topliss-reactive ketones (excluding diaryl/α,β-unsaturated/α-hetero) is 2. The van der Waals surface area contributed by atoms with Gasteiger partial charge in [-0.1, -0.05) is 66.7 Å². The van der Waals surface area contributed by atoms with E-state index in [1.807, 2.05) is 48.5 Å². The van der Waals surface area contributed by atoms with Crippen molar-refractivity contribution in [2.75, 3.05) is 66.8 Å². The molecular formula is C75H71N5O21. The number of nitrogens with zero attached hydrogens (tertiary/aromatic N) is 2. The van der Waals surface area contributed by atoms with E-state index in [-0.39, 0.29) is 117 Å². The van der Waals surface area contributed by atoms with Gasteiger partial charge < -0.3 is 83.4 Å². The zero-order chi connectivity index (χ0) is 71.0. The van der Waals surface area contributed by atoms with Crippen molar-refractivity contribution in [3.05, 3.63) is 183 Å². The highest BCUT2D eigenvalue weighted by atomic mass is 16.7. The molecule has 2 aromatic heterocycles. The average Bonchev–Trinajstić information content (AvgIpc) is 1.51. The number of aromatic amines is 1. The van der Waals surface area contributed by atoms with E-state index in [0.29, 0.717) is 39.3 Å². The van der Waals surface area contributed by atoms with Gasteiger partial charge in [0, 0.05) is 98.2 Å². The maximum Gasteiger partial charge on any atom is 0.407 e. The quantitative estimate of drug-likeness (QED) is 0.0114. The molecule has 2 fully saturated rings. The number of H-pyrrole nitrogens is 1.